The van der Waals surface area contributed by atoms with E-state index in [1.54, 1.807) is 6.26 Å². The number of furan rings is 1. The lowest BCUT2D eigenvalue weighted by Crippen LogP contribution is -2.13. The van der Waals surface area contributed by atoms with Crippen molar-refractivity contribution in [1.29, 1.82) is 0 Å². The Morgan fingerprint density at radius 2 is 1.95 bits per heavy atom. The van der Waals surface area contributed by atoms with E-state index in [4.69, 9.17) is 9.15 Å². The molecule has 0 spiro atoms. The number of hydrogen-bond acceptors (Lipinski definition) is 3. The van der Waals surface area contributed by atoms with E-state index < -0.39 is 0 Å². The summed E-state index contributed by atoms with van der Waals surface area (Å²) in [6.07, 6.45) is 1.77. The standard InChI is InChI=1S/C17H23NO2/c1-17(2,3)15-7-5-6-8-16(15)20-12-14-9-13(10-18-4)11-19-14/h5-9,11,18H,10,12H2,1-4H3. The van der Waals surface area contributed by atoms with Gasteiger partial charge in [-0.05, 0) is 30.2 Å². The summed E-state index contributed by atoms with van der Waals surface area (Å²) in [5.74, 6) is 1.77. The van der Waals surface area contributed by atoms with E-state index in [-0.39, 0.29) is 5.41 Å². The molecular weight excluding hydrogens is 250 g/mol. The van der Waals surface area contributed by atoms with E-state index in [9.17, 15) is 0 Å². The minimum Gasteiger partial charge on any atom is -0.485 e. The Balaban J connectivity index is 2.07. The van der Waals surface area contributed by atoms with E-state index in [1.165, 1.54) is 5.56 Å². The second-order valence-electron chi connectivity index (χ2n) is 5.99. The molecule has 0 amide bonds. The first-order valence-electron chi connectivity index (χ1n) is 6.94. The van der Waals surface area contributed by atoms with E-state index in [1.807, 2.05) is 31.3 Å². The van der Waals surface area contributed by atoms with Crippen LogP contribution in [0.4, 0.5) is 0 Å². The van der Waals surface area contributed by atoms with Gasteiger partial charge in [0.1, 0.15) is 18.1 Å². The molecule has 1 heterocycles. The number of benzene rings is 1. The quantitative estimate of drug-likeness (QED) is 0.898. The molecule has 1 aromatic carbocycles. The number of ether oxygens (including phenoxy) is 1. The Morgan fingerprint density at radius 3 is 2.65 bits per heavy atom. The molecule has 2 aromatic rings. The van der Waals surface area contributed by atoms with Crippen molar-refractivity contribution in [2.75, 3.05) is 7.05 Å². The van der Waals surface area contributed by atoms with Crippen LogP contribution in [0.5, 0.6) is 5.75 Å². The van der Waals surface area contributed by atoms with E-state index in [0.29, 0.717) is 6.61 Å². The molecule has 0 fully saturated rings. The fourth-order valence-electron chi connectivity index (χ4n) is 2.16. The van der Waals surface area contributed by atoms with Gasteiger partial charge in [-0.1, -0.05) is 39.0 Å². The average Bonchev–Trinajstić information content (AvgIpc) is 2.84. The zero-order valence-corrected chi connectivity index (χ0v) is 12.7. The van der Waals surface area contributed by atoms with Crippen LogP contribution in [0.25, 0.3) is 0 Å². The fourth-order valence-corrected chi connectivity index (χ4v) is 2.16. The molecule has 2 rings (SSSR count). The van der Waals surface area contributed by atoms with Crippen LogP contribution in [-0.2, 0) is 18.6 Å². The third kappa shape index (κ3) is 3.64. The molecule has 0 unspecified atom stereocenters. The van der Waals surface area contributed by atoms with Crippen molar-refractivity contribution < 1.29 is 9.15 Å². The molecule has 108 valence electrons. The number of hydrogen-bond donors (Lipinski definition) is 1. The van der Waals surface area contributed by atoms with Gasteiger partial charge in [-0.3, -0.25) is 0 Å². The van der Waals surface area contributed by atoms with Gasteiger partial charge in [0.2, 0.25) is 0 Å². The van der Waals surface area contributed by atoms with Crippen molar-refractivity contribution in [3.05, 3.63) is 53.5 Å². The molecule has 20 heavy (non-hydrogen) atoms. The second-order valence-corrected chi connectivity index (χ2v) is 5.99. The predicted molar refractivity (Wildman–Crippen MR) is 80.9 cm³/mol. The molecule has 0 aliphatic rings. The third-order valence-corrected chi connectivity index (χ3v) is 3.15. The zero-order valence-electron chi connectivity index (χ0n) is 12.7. The first-order valence-corrected chi connectivity index (χ1v) is 6.94. The fraction of sp³-hybridized carbons (Fsp3) is 0.412. The Hall–Kier alpha value is -1.74. The summed E-state index contributed by atoms with van der Waals surface area (Å²) in [6, 6.07) is 10.2. The van der Waals surface area contributed by atoms with E-state index >= 15 is 0 Å². The normalized spacial score (nSPS) is 11.6. The summed E-state index contributed by atoms with van der Waals surface area (Å²) >= 11 is 0. The Bertz CT molecular complexity index is 552. The molecule has 3 nitrogen and oxygen atoms in total. The zero-order chi connectivity index (χ0) is 14.6. The summed E-state index contributed by atoms with van der Waals surface area (Å²) in [5.41, 5.74) is 2.41. The van der Waals surface area contributed by atoms with Crippen molar-refractivity contribution in [3.8, 4) is 5.75 Å². The molecule has 3 heteroatoms. The van der Waals surface area contributed by atoms with Gasteiger partial charge in [0.25, 0.3) is 0 Å². The van der Waals surface area contributed by atoms with Gasteiger partial charge in [-0.25, -0.2) is 0 Å². The highest BCUT2D eigenvalue weighted by atomic mass is 16.5. The number of rotatable bonds is 5. The van der Waals surface area contributed by atoms with Crippen LogP contribution in [-0.4, -0.2) is 7.05 Å². The maximum atomic E-state index is 5.93. The van der Waals surface area contributed by atoms with Crippen LogP contribution in [0.3, 0.4) is 0 Å². The maximum absolute atomic E-state index is 5.93. The average molecular weight is 273 g/mol. The molecule has 0 aliphatic heterocycles. The lowest BCUT2D eigenvalue weighted by atomic mass is 9.86. The van der Waals surface area contributed by atoms with E-state index in [0.717, 1.165) is 23.6 Å². The monoisotopic (exact) mass is 273 g/mol. The molecular formula is C17H23NO2. The van der Waals surface area contributed by atoms with Crippen LogP contribution in [0, 0.1) is 0 Å². The molecule has 1 N–H and O–H groups in total. The van der Waals surface area contributed by atoms with Gasteiger partial charge in [0.15, 0.2) is 0 Å². The summed E-state index contributed by atoms with van der Waals surface area (Å²) in [4.78, 5) is 0. The summed E-state index contributed by atoms with van der Waals surface area (Å²) in [5, 5.41) is 3.10. The third-order valence-electron chi connectivity index (χ3n) is 3.15. The molecule has 0 radical (unpaired) electrons. The first-order chi connectivity index (χ1) is 9.50. The minimum atomic E-state index is 0.0665. The Labute approximate surface area is 121 Å². The first kappa shape index (κ1) is 14.7. The predicted octanol–water partition coefficient (Wildman–Crippen LogP) is 3.88. The van der Waals surface area contributed by atoms with Gasteiger partial charge < -0.3 is 14.5 Å². The summed E-state index contributed by atoms with van der Waals surface area (Å²) in [7, 11) is 1.92. The van der Waals surface area contributed by atoms with Gasteiger partial charge in [-0.15, -0.1) is 0 Å². The molecule has 0 saturated carbocycles. The van der Waals surface area contributed by atoms with E-state index in [2.05, 4.69) is 32.2 Å². The highest BCUT2D eigenvalue weighted by Gasteiger charge is 2.18. The molecule has 0 aliphatic carbocycles. The smallest absolute Gasteiger partial charge is 0.146 e. The van der Waals surface area contributed by atoms with Crippen LogP contribution in [0.1, 0.15) is 37.7 Å². The highest BCUT2D eigenvalue weighted by molar-refractivity contribution is 5.38. The van der Waals surface area contributed by atoms with Crippen LogP contribution in [0.2, 0.25) is 0 Å². The van der Waals surface area contributed by atoms with Crippen molar-refractivity contribution >= 4 is 0 Å². The lowest BCUT2D eigenvalue weighted by Gasteiger charge is -2.22. The van der Waals surface area contributed by atoms with Gasteiger partial charge in [-0.2, -0.15) is 0 Å². The van der Waals surface area contributed by atoms with Crippen molar-refractivity contribution in [1.82, 2.24) is 5.32 Å². The minimum absolute atomic E-state index is 0.0665. The number of para-hydroxylation sites is 1. The topological polar surface area (TPSA) is 34.4 Å². The van der Waals surface area contributed by atoms with Crippen molar-refractivity contribution in [2.45, 2.75) is 39.3 Å². The highest BCUT2D eigenvalue weighted by Crippen LogP contribution is 2.31. The second kappa shape index (κ2) is 6.14. The van der Waals surface area contributed by atoms with Gasteiger partial charge >= 0.3 is 0 Å². The summed E-state index contributed by atoms with van der Waals surface area (Å²) in [6.45, 7) is 7.83. The van der Waals surface area contributed by atoms with Crippen LogP contribution < -0.4 is 10.1 Å². The van der Waals surface area contributed by atoms with Crippen LogP contribution >= 0.6 is 0 Å². The Morgan fingerprint density at radius 1 is 1.20 bits per heavy atom. The summed E-state index contributed by atoms with van der Waals surface area (Å²) < 4.78 is 11.4. The number of nitrogens with one attached hydrogen (secondary N) is 1. The molecule has 0 bridgehead atoms. The maximum Gasteiger partial charge on any atom is 0.146 e. The van der Waals surface area contributed by atoms with Crippen molar-refractivity contribution in [3.63, 3.8) is 0 Å². The Kier molecular flexibility index (Phi) is 4.50. The van der Waals surface area contributed by atoms with Crippen molar-refractivity contribution in [2.24, 2.45) is 0 Å². The molecule has 1 aromatic heterocycles. The van der Waals surface area contributed by atoms with Gasteiger partial charge in [0, 0.05) is 12.1 Å². The van der Waals surface area contributed by atoms with Crippen LogP contribution in [0.15, 0.2) is 41.0 Å². The lowest BCUT2D eigenvalue weighted by molar-refractivity contribution is 0.264. The largest absolute Gasteiger partial charge is 0.485 e. The SMILES string of the molecule is CNCc1coc(COc2ccccc2C(C)(C)C)c1. The molecule has 0 atom stereocenters. The van der Waals surface area contributed by atoms with Gasteiger partial charge in [0.05, 0.1) is 6.26 Å². The molecule has 0 saturated heterocycles.